The molecule has 1 unspecified atom stereocenters. The van der Waals surface area contributed by atoms with Gasteiger partial charge in [-0.2, -0.15) is 0 Å². The van der Waals surface area contributed by atoms with Crippen LogP contribution in [-0.4, -0.2) is 36.5 Å². The highest BCUT2D eigenvalue weighted by Gasteiger charge is 2.45. The molecule has 0 radical (unpaired) electrons. The van der Waals surface area contributed by atoms with Gasteiger partial charge in [0.25, 0.3) is 0 Å². The SMILES string of the molecule is CSc1nc(-c2ncc3c(n2)NC(=O)C3(C)c2ccc(F)cc2)cn2ccnc12. The van der Waals surface area contributed by atoms with Gasteiger partial charge in [-0.15, -0.1) is 11.8 Å². The van der Waals surface area contributed by atoms with Gasteiger partial charge in [-0.3, -0.25) is 4.79 Å². The van der Waals surface area contributed by atoms with Crippen molar-refractivity contribution in [2.45, 2.75) is 17.4 Å². The van der Waals surface area contributed by atoms with E-state index in [2.05, 4.69) is 25.3 Å². The number of amides is 1. The summed E-state index contributed by atoms with van der Waals surface area (Å²) in [5.41, 5.74) is 1.67. The van der Waals surface area contributed by atoms with Crippen molar-refractivity contribution in [1.82, 2.24) is 24.3 Å². The number of anilines is 1. The third-order valence-corrected chi connectivity index (χ3v) is 5.86. The number of benzene rings is 1. The molecule has 1 aliphatic heterocycles. The Labute approximate surface area is 169 Å². The number of carbonyl (C=O) groups excluding carboxylic acids is 1. The monoisotopic (exact) mass is 406 g/mol. The summed E-state index contributed by atoms with van der Waals surface area (Å²) in [6.45, 7) is 1.78. The summed E-state index contributed by atoms with van der Waals surface area (Å²) in [6.07, 6.45) is 8.91. The minimum absolute atomic E-state index is 0.228. The second-order valence-electron chi connectivity index (χ2n) is 6.84. The van der Waals surface area contributed by atoms with E-state index in [1.165, 1.54) is 23.9 Å². The summed E-state index contributed by atoms with van der Waals surface area (Å²) in [5.74, 6) is 0.255. The Bertz CT molecular complexity index is 1270. The van der Waals surface area contributed by atoms with E-state index in [1.54, 1.807) is 37.6 Å². The third-order valence-electron chi connectivity index (χ3n) is 5.20. The zero-order chi connectivity index (χ0) is 20.2. The van der Waals surface area contributed by atoms with Crippen LogP contribution in [0.2, 0.25) is 0 Å². The second kappa shape index (κ2) is 6.35. The first-order chi connectivity index (χ1) is 14.0. The van der Waals surface area contributed by atoms with Gasteiger partial charge in [0.1, 0.15) is 27.8 Å². The van der Waals surface area contributed by atoms with Gasteiger partial charge in [0, 0.05) is 30.4 Å². The minimum Gasteiger partial charge on any atom is -0.309 e. The number of rotatable bonds is 3. The van der Waals surface area contributed by atoms with Gasteiger partial charge in [-0.05, 0) is 30.9 Å². The van der Waals surface area contributed by atoms with E-state index in [-0.39, 0.29) is 11.7 Å². The van der Waals surface area contributed by atoms with E-state index in [0.29, 0.717) is 28.5 Å². The molecule has 0 fully saturated rings. The normalized spacial score (nSPS) is 18.1. The van der Waals surface area contributed by atoms with Crippen molar-refractivity contribution in [3.8, 4) is 11.5 Å². The highest BCUT2D eigenvalue weighted by atomic mass is 32.2. The number of carbonyl (C=O) groups is 1. The number of nitrogens with zero attached hydrogens (tertiary/aromatic N) is 5. The molecule has 9 heteroatoms. The van der Waals surface area contributed by atoms with Crippen LogP contribution in [0, 0.1) is 5.82 Å². The summed E-state index contributed by atoms with van der Waals surface area (Å²) < 4.78 is 15.2. The first-order valence-corrected chi connectivity index (χ1v) is 10.1. The molecule has 1 aliphatic rings. The molecule has 0 saturated heterocycles. The van der Waals surface area contributed by atoms with Crippen LogP contribution in [0.4, 0.5) is 10.2 Å². The number of halogens is 1. The molecule has 1 N–H and O–H groups in total. The van der Waals surface area contributed by atoms with E-state index in [4.69, 9.17) is 0 Å². The van der Waals surface area contributed by atoms with Crippen molar-refractivity contribution < 1.29 is 9.18 Å². The van der Waals surface area contributed by atoms with Crippen molar-refractivity contribution in [2.24, 2.45) is 0 Å². The standard InChI is InChI=1S/C20H15FN6OS/c1-20(11-3-5-12(21)6-4-11)13-9-23-16(25-15(13)26-19(20)28)14-10-27-8-7-22-17(27)18(24-14)29-2/h3-10H,1-2H3,(H,23,25,26,28). The lowest BCUT2D eigenvalue weighted by Crippen LogP contribution is -2.32. The highest BCUT2D eigenvalue weighted by Crippen LogP contribution is 2.41. The quantitative estimate of drug-likeness (QED) is 0.526. The van der Waals surface area contributed by atoms with E-state index in [1.807, 2.05) is 16.9 Å². The lowest BCUT2D eigenvalue weighted by molar-refractivity contribution is -0.119. The molecule has 1 aromatic carbocycles. The first-order valence-electron chi connectivity index (χ1n) is 8.84. The summed E-state index contributed by atoms with van der Waals surface area (Å²) in [7, 11) is 0. The fourth-order valence-corrected chi connectivity index (χ4v) is 4.07. The molecule has 0 aliphatic carbocycles. The number of hydrogen-bond acceptors (Lipinski definition) is 6. The predicted molar refractivity (Wildman–Crippen MR) is 107 cm³/mol. The van der Waals surface area contributed by atoms with Gasteiger partial charge < -0.3 is 9.72 Å². The van der Waals surface area contributed by atoms with Gasteiger partial charge in [-0.25, -0.2) is 24.3 Å². The zero-order valence-corrected chi connectivity index (χ0v) is 16.4. The Balaban J connectivity index is 1.62. The number of hydrogen-bond donors (Lipinski definition) is 1. The van der Waals surface area contributed by atoms with Crippen LogP contribution in [0.5, 0.6) is 0 Å². The maximum Gasteiger partial charge on any atom is 0.240 e. The van der Waals surface area contributed by atoms with Gasteiger partial charge in [0.05, 0.1) is 0 Å². The average Bonchev–Trinajstić information content (AvgIpc) is 3.30. The topological polar surface area (TPSA) is 85.1 Å². The number of thioether (sulfide) groups is 1. The maximum atomic E-state index is 13.3. The fourth-order valence-electron chi connectivity index (χ4n) is 3.54. The maximum absolute atomic E-state index is 13.3. The Morgan fingerprint density at radius 2 is 1.97 bits per heavy atom. The van der Waals surface area contributed by atoms with Crippen LogP contribution >= 0.6 is 11.8 Å². The molecule has 7 nitrogen and oxygen atoms in total. The van der Waals surface area contributed by atoms with Crippen LogP contribution in [0.15, 0.2) is 54.1 Å². The Morgan fingerprint density at radius 3 is 2.72 bits per heavy atom. The van der Waals surface area contributed by atoms with Crippen LogP contribution < -0.4 is 5.32 Å². The Hall–Kier alpha value is -3.33. The Kier molecular flexibility index (Phi) is 3.88. The number of nitrogens with one attached hydrogen (secondary N) is 1. The fraction of sp³-hybridized carbons (Fsp3) is 0.150. The molecule has 3 aromatic heterocycles. The molecular weight excluding hydrogens is 391 g/mol. The lowest BCUT2D eigenvalue weighted by atomic mass is 9.78. The largest absolute Gasteiger partial charge is 0.309 e. The van der Waals surface area contributed by atoms with Crippen LogP contribution in [0.3, 0.4) is 0 Å². The van der Waals surface area contributed by atoms with Gasteiger partial charge in [0.15, 0.2) is 11.5 Å². The Morgan fingerprint density at radius 1 is 1.17 bits per heavy atom. The van der Waals surface area contributed by atoms with Crippen molar-refractivity contribution in [3.05, 3.63) is 66.0 Å². The van der Waals surface area contributed by atoms with Crippen molar-refractivity contribution >= 4 is 29.1 Å². The number of aromatic nitrogens is 5. The summed E-state index contributed by atoms with van der Waals surface area (Å²) in [5, 5.41) is 3.60. The van der Waals surface area contributed by atoms with Crippen molar-refractivity contribution in [2.75, 3.05) is 11.6 Å². The lowest BCUT2D eigenvalue weighted by Gasteiger charge is -2.22. The summed E-state index contributed by atoms with van der Waals surface area (Å²) >= 11 is 1.49. The third kappa shape index (κ3) is 2.61. The summed E-state index contributed by atoms with van der Waals surface area (Å²) in [6, 6.07) is 5.90. The molecule has 4 aromatic rings. The van der Waals surface area contributed by atoms with Gasteiger partial charge in [-0.1, -0.05) is 12.1 Å². The molecule has 1 amide bonds. The van der Waals surface area contributed by atoms with Gasteiger partial charge in [0.2, 0.25) is 5.91 Å². The van der Waals surface area contributed by atoms with Crippen LogP contribution in [0.25, 0.3) is 17.2 Å². The van der Waals surface area contributed by atoms with E-state index in [0.717, 1.165) is 10.7 Å². The molecule has 1 atom stereocenters. The smallest absolute Gasteiger partial charge is 0.240 e. The summed E-state index contributed by atoms with van der Waals surface area (Å²) in [4.78, 5) is 30.8. The molecule has 0 bridgehead atoms. The zero-order valence-electron chi connectivity index (χ0n) is 15.5. The molecule has 0 spiro atoms. The molecule has 144 valence electrons. The molecule has 0 saturated carbocycles. The predicted octanol–water partition coefficient (Wildman–Crippen LogP) is 3.31. The average molecular weight is 406 g/mol. The minimum atomic E-state index is -0.992. The van der Waals surface area contributed by atoms with Crippen molar-refractivity contribution in [1.29, 1.82) is 0 Å². The number of fused-ring (bicyclic) bond motifs is 2. The number of imidazole rings is 1. The van der Waals surface area contributed by atoms with E-state index < -0.39 is 5.41 Å². The van der Waals surface area contributed by atoms with Crippen LogP contribution in [-0.2, 0) is 10.2 Å². The van der Waals surface area contributed by atoms with Crippen LogP contribution in [0.1, 0.15) is 18.1 Å². The van der Waals surface area contributed by atoms with E-state index >= 15 is 0 Å². The second-order valence-corrected chi connectivity index (χ2v) is 7.63. The molecule has 5 rings (SSSR count). The van der Waals surface area contributed by atoms with Crippen molar-refractivity contribution in [3.63, 3.8) is 0 Å². The van der Waals surface area contributed by atoms with Gasteiger partial charge >= 0.3 is 0 Å². The molecule has 29 heavy (non-hydrogen) atoms. The van der Waals surface area contributed by atoms with E-state index in [9.17, 15) is 9.18 Å². The molecule has 4 heterocycles. The highest BCUT2D eigenvalue weighted by molar-refractivity contribution is 7.98. The molecular formula is C20H15FN6OS. The first kappa shape index (κ1) is 17.7.